The van der Waals surface area contributed by atoms with Gasteiger partial charge in [-0.15, -0.1) is 0 Å². The van der Waals surface area contributed by atoms with Crippen molar-refractivity contribution in [2.24, 2.45) is 0 Å². The Labute approximate surface area is 149 Å². The summed E-state index contributed by atoms with van der Waals surface area (Å²) in [5.41, 5.74) is 2.23. The summed E-state index contributed by atoms with van der Waals surface area (Å²) in [4.78, 5) is 12.3. The van der Waals surface area contributed by atoms with Crippen LogP contribution >= 0.6 is 0 Å². The van der Waals surface area contributed by atoms with Crippen molar-refractivity contribution < 1.29 is 13.2 Å². The van der Waals surface area contributed by atoms with Crippen LogP contribution in [-0.4, -0.2) is 33.7 Å². The van der Waals surface area contributed by atoms with E-state index in [-0.39, 0.29) is 11.8 Å². The number of rotatable bonds is 7. The van der Waals surface area contributed by atoms with Gasteiger partial charge < -0.3 is 5.32 Å². The maximum absolute atomic E-state index is 12.3. The quantitative estimate of drug-likeness (QED) is 0.825. The van der Waals surface area contributed by atoms with Crippen LogP contribution in [0.4, 0.5) is 5.69 Å². The van der Waals surface area contributed by atoms with Gasteiger partial charge in [-0.05, 0) is 42.7 Å². The fourth-order valence-corrected chi connectivity index (χ4v) is 3.61. The topological polar surface area (TPSA) is 66.5 Å². The molecule has 1 atom stereocenters. The fraction of sp³-hybridized carbons (Fsp3) is 0.316. The maximum atomic E-state index is 12.3. The zero-order valence-corrected chi connectivity index (χ0v) is 15.6. The van der Waals surface area contributed by atoms with E-state index >= 15 is 0 Å². The summed E-state index contributed by atoms with van der Waals surface area (Å²) in [5, 5.41) is 2.92. The van der Waals surface area contributed by atoms with Crippen molar-refractivity contribution in [1.82, 2.24) is 5.32 Å². The van der Waals surface area contributed by atoms with Crippen LogP contribution in [0.5, 0.6) is 0 Å². The Bertz CT molecular complexity index is 802. The van der Waals surface area contributed by atoms with Gasteiger partial charge in [-0.1, -0.05) is 37.3 Å². The largest absolute Gasteiger partial charge is 0.351 e. The highest BCUT2D eigenvalue weighted by atomic mass is 32.2. The average Bonchev–Trinajstić information content (AvgIpc) is 2.60. The number of nitrogens with zero attached hydrogens (tertiary/aromatic N) is 1. The first-order valence-corrected chi connectivity index (χ1v) is 10.1. The Morgan fingerprint density at radius 2 is 1.68 bits per heavy atom. The van der Waals surface area contributed by atoms with Gasteiger partial charge in [-0.25, -0.2) is 8.42 Å². The van der Waals surface area contributed by atoms with Gasteiger partial charge in [0.25, 0.3) is 5.91 Å². The van der Waals surface area contributed by atoms with Crippen LogP contribution < -0.4 is 9.62 Å². The second-order valence-electron chi connectivity index (χ2n) is 6.00. The lowest BCUT2D eigenvalue weighted by molar-refractivity contribution is 0.0951. The smallest absolute Gasteiger partial charge is 0.251 e. The third-order valence-corrected chi connectivity index (χ3v) is 5.31. The zero-order chi connectivity index (χ0) is 18.4. The molecule has 0 fully saturated rings. The van der Waals surface area contributed by atoms with Crippen molar-refractivity contribution in [1.29, 1.82) is 0 Å². The first-order valence-electron chi connectivity index (χ1n) is 8.24. The van der Waals surface area contributed by atoms with Crippen molar-refractivity contribution in [2.45, 2.75) is 19.8 Å². The van der Waals surface area contributed by atoms with E-state index in [1.165, 1.54) is 16.1 Å². The van der Waals surface area contributed by atoms with Crippen LogP contribution in [0, 0.1) is 0 Å². The molecule has 0 spiro atoms. The van der Waals surface area contributed by atoms with Gasteiger partial charge in [0, 0.05) is 18.7 Å². The average molecular weight is 360 g/mol. The minimum atomic E-state index is -3.32. The SMILES string of the molecule is CCN(c1ccc(C(=O)NC[C@@H](C)c2ccccc2)cc1)S(C)(=O)=O. The molecule has 0 heterocycles. The van der Waals surface area contributed by atoms with Crippen LogP contribution in [0.15, 0.2) is 54.6 Å². The minimum Gasteiger partial charge on any atom is -0.351 e. The van der Waals surface area contributed by atoms with Crippen molar-refractivity contribution >= 4 is 21.6 Å². The molecule has 2 rings (SSSR count). The molecule has 0 saturated heterocycles. The predicted molar refractivity (Wildman–Crippen MR) is 101 cm³/mol. The first kappa shape index (κ1) is 19.0. The van der Waals surface area contributed by atoms with E-state index in [0.717, 1.165) is 0 Å². The molecule has 2 aromatic rings. The Morgan fingerprint density at radius 1 is 1.08 bits per heavy atom. The number of amides is 1. The summed E-state index contributed by atoms with van der Waals surface area (Å²) >= 11 is 0. The highest BCUT2D eigenvalue weighted by molar-refractivity contribution is 7.92. The Balaban J connectivity index is 2.01. The molecule has 0 saturated carbocycles. The molecular formula is C19H24N2O3S. The summed E-state index contributed by atoms with van der Waals surface area (Å²) in [6.45, 7) is 4.71. The molecule has 134 valence electrons. The Kier molecular flexibility index (Phi) is 6.20. The highest BCUT2D eigenvalue weighted by Gasteiger charge is 2.16. The van der Waals surface area contributed by atoms with Crippen molar-refractivity contribution in [3.63, 3.8) is 0 Å². The molecule has 5 nitrogen and oxygen atoms in total. The summed E-state index contributed by atoms with van der Waals surface area (Å²) < 4.78 is 24.8. The Hall–Kier alpha value is -2.34. The molecule has 0 aliphatic carbocycles. The molecule has 0 bridgehead atoms. The maximum Gasteiger partial charge on any atom is 0.251 e. The lowest BCUT2D eigenvalue weighted by atomic mass is 10.0. The number of hydrogen-bond donors (Lipinski definition) is 1. The molecule has 0 aliphatic rings. The third kappa shape index (κ3) is 5.06. The summed E-state index contributed by atoms with van der Waals surface area (Å²) in [6, 6.07) is 16.6. The van der Waals surface area contributed by atoms with E-state index in [0.29, 0.717) is 24.3 Å². The van der Waals surface area contributed by atoms with E-state index in [2.05, 4.69) is 12.2 Å². The second kappa shape index (κ2) is 8.16. The molecule has 2 aromatic carbocycles. The zero-order valence-electron chi connectivity index (χ0n) is 14.8. The van der Waals surface area contributed by atoms with Gasteiger partial charge in [0.1, 0.15) is 0 Å². The highest BCUT2D eigenvalue weighted by Crippen LogP contribution is 2.18. The van der Waals surface area contributed by atoms with E-state index in [1.54, 1.807) is 31.2 Å². The van der Waals surface area contributed by atoms with Crippen molar-refractivity contribution in [3.05, 3.63) is 65.7 Å². The number of carbonyl (C=O) groups excluding carboxylic acids is 1. The van der Waals surface area contributed by atoms with Gasteiger partial charge in [0.15, 0.2) is 0 Å². The molecule has 0 aliphatic heterocycles. The second-order valence-corrected chi connectivity index (χ2v) is 7.90. The molecular weight excluding hydrogens is 336 g/mol. The lowest BCUT2D eigenvalue weighted by Gasteiger charge is -2.20. The van der Waals surface area contributed by atoms with Gasteiger partial charge in [0.05, 0.1) is 11.9 Å². The first-order chi connectivity index (χ1) is 11.8. The molecule has 1 N–H and O–H groups in total. The number of carbonyl (C=O) groups is 1. The third-order valence-electron chi connectivity index (χ3n) is 4.04. The lowest BCUT2D eigenvalue weighted by Crippen LogP contribution is -2.30. The van der Waals surface area contributed by atoms with Crippen LogP contribution in [0.1, 0.15) is 35.7 Å². The molecule has 0 aromatic heterocycles. The summed E-state index contributed by atoms with van der Waals surface area (Å²) in [7, 11) is -3.32. The minimum absolute atomic E-state index is 0.170. The number of benzene rings is 2. The van der Waals surface area contributed by atoms with E-state index < -0.39 is 10.0 Å². The van der Waals surface area contributed by atoms with Crippen LogP contribution in [0.3, 0.4) is 0 Å². The van der Waals surface area contributed by atoms with Gasteiger partial charge in [-0.3, -0.25) is 9.10 Å². The van der Waals surface area contributed by atoms with E-state index in [9.17, 15) is 13.2 Å². The number of hydrogen-bond acceptors (Lipinski definition) is 3. The molecule has 6 heteroatoms. The summed E-state index contributed by atoms with van der Waals surface area (Å²) in [5.74, 6) is 0.0435. The van der Waals surface area contributed by atoms with Gasteiger partial charge >= 0.3 is 0 Å². The summed E-state index contributed by atoms with van der Waals surface area (Å²) in [6.07, 6.45) is 1.17. The molecule has 0 unspecified atom stereocenters. The van der Waals surface area contributed by atoms with E-state index in [4.69, 9.17) is 0 Å². The van der Waals surface area contributed by atoms with Crippen LogP contribution in [-0.2, 0) is 10.0 Å². The number of anilines is 1. The van der Waals surface area contributed by atoms with Gasteiger partial charge in [0.2, 0.25) is 10.0 Å². The van der Waals surface area contributed by atoms with Crippen molar-refractivity contribution in [2.75, 3.05) is 23.7 Å². The van der Waals surface area contributed by atoms with Crippen LogP contribution in [0.25, 0.3) is 0 Å². The predicted octanol–water partition coefficient (Wildman–Crippen LogP) is 3.01. The normalized spacial score (nSPS) is 12.4. The Morgan fingerprint density at radius 3 is 2.20 bits per heavy atom. The van der Waals surface area contributed by atoms with E-state index in [1.807, 2.05) is 30.3 Å². The number of sulfonamides is 1. The van der Waals surface area contributed by atoms with Gasteiger partial charge in [-0.2, -0.15) is 0 Å². The molecule has 1 amide bonds. The van der Waals surface area contributed by atoms with Crippen LogP contribution in [0.2, 0.25) is 0 Å². The molecule has 25 heavy (non-hydrogen) atoms. The molecule has 0 radical (unpaired) electrons. The van der Waals surface area contributed by atoms with Crippen molar-refractivity contribution in [3.8, 4) is 0 Å². The number of nitrogens with one attached hydrogen (secondary N) is 1. The monoisotopic (exact) mass is 360 g/mol. The fourth-order valence-electron chi connectivity index (χ4n) is 2.63. The standard InChI is InChI=1S/C19H24N2O3S/c1-4-21(25(3,23)24)18-12-10-17(11-13-18)19(22)20-14-15(2)16-8-6-5-7-9-16/h5-13,15H,4,14H2,1-3H3,(H,20,22)/t15-/m1/s1.